The fraction of sp³-hybridized carbons (Fsp3) is 0.538. The summed E-state index contributed by atoms with van der Waals surface area (Å²) < 4.78 is 27.1. The molecule has 2 N–H and O–H groups in total. The Morgan fingerprint density at radius 2 is 2.00 bits per heavy atom. The molecule has 4 heteroatoms. The van der Waals surface area contributed by atoms with Crippen LogP contribution in [0.1, 0.15) is 31.4 Å². The van der Waals surface area contributed by atoms with E-state index in [1.165, 1.54) is 18.2 Å². The molecule has 1 aliphatic rings. The number of hydrogen-bond donors (Lipinski definition) is 2. The summed E-state index contributed by atoms with van der Waals surface area (Å²) in [6, 6.07) is 3.38. The molecule has 0 amide bonds. The summed E-state index contributed by atoms with van der Waals surface area (Å²) in [6.45, 7) is 2.86. The van der Waals surface area contributed by atoms with E-state index in [1.54, 1.807) is 0 Å². The maximum Gasteiger partial charge on any atom is 0.132 e. The Hall–Kier alpha value is -1.00. The van der Waals surface area contributed by atoms with Gasteiger partial charge in [0.2, 0.25) is 0 Å². The molecule has 2 rings (SSSR count). The molecule has 0 spiro atoms. The van der Waals surface area contributed by atoms with Gasteiger partial charge in [0.05, 0.1) is 11.7 Å². The number of nitrogens with one attached hydrogen (secondary N) is 1. The third-order valence-electron chi connectivity index (χ3n) is 3.38. The van der Waals surface area contributed by atoms with E-state index in [9.17, 15) is 13.9 Å². The molecule has 1 fully saturated rings. The fourth-order valence-electron chi connectivity index (χ4n) is 2.38. The molecule has 1 aromatic rings. The van der Waals surface area contributed by atoms with Gasteiger partial charge in [0.25, 0.3) is 0 Å². The molecule has 94 valence electrons. The van der Waals surface area contributed by atoms with Crippen LogP contribution in [0, 0.1) is 17.6 Å². The molecule has 2 nitrogen and oxygen atoms in total. The van der Waals surface area contributed by atoms with Crippen LogP contribution >= 0.6 is 0 Å². The van der Waals surface area contributed by atoms with E-state index in [1.807, 2.05) is 0 Å². The molecule has 3 atom stereocenters. The van der Waals surface area contributed by atoms with Gasteiger partial charge < -0.3 is 10.4 Å². The summed E-state index contributed by atoms with van der Waals surface area (Å²) in [7, 11) is 0. The number of benzene rings is 1. The summed E-state index contributed by atoms with van der Waals surface area (Å²) in [4.78, 5) is 0. The molecule has 0 aromatic heterocycles. The topological polar surface area (TPSA) is 32.3 Å². The first-order valence-electron chi connectivity index (χ1n) is 5.95. The lowest BCUT2D eigenvalue weighted by Gasteiger charge is -2.32. The molecule has 1 aromatic carbocycles. The molecule has 0 radical (unpaired) electrons. The summed E-state index contributed by atoms with van der Waals surface area (Å²) in [6.07, 6.45) is 0.636. The first-order chi connectivity index (χ1) is 8.09. The van der Waals surface area contributed by atoms with Crippen molar-refractivity contribution in [1.29, 1.82) is 0 Å². The Morgan fingerprint density at radius 1 is 1.35 bits per heavy atom. The highest BCUT2D eigenvalue weighted by atomic mass is 19.1. The highest BCUT2D eigenvalue weighted by molar-refractivity contribution is 5.23. The van der Waals surface area contributed by atoms with Gasteiger partial charge in [0, 0.05) is 6.04 Å². The zero-order valence-corrected chi connectivity index (χ0v) is 9.79. The molecular formula is C13H17F2NO. The maximum atomic E-state index is 13.5. The Morgan fingerprint density at radius 3 is 2.59 bits per heavy atom. The summed E-state index contributed by atoms with van der Waals surface area (Å²) in [5.41, 5.74) is -0.223. The van der Waals surface area contributed by atoms with Crippen molar-refractivity contribution >= 4 is 0 Å². The molecule has 0 aliphatic carbocycles. The number of aliphatic hydroxyl groups excluding tert-OH is 1. The Kier molecular flexibility index (Phi) is 3.74. The van der Waals surface area contributed by atoms with Crippen LogP contribution in [0.15, 0.2) is 18.2 Å². The number of rotatable bonds is 2. The second-order valence-corrected chi connectivity index (χ2v) is 4.77. The molecular weight excluding hydrogens is 224 g/mol. The zero-order chi connectivity index (χ0) is 12.4. The van der Waals surface area contributed by atoms with Crippen molar-refractivity contribution < 1.29 is 13.9 Å². The second-order valence-electron chi connectivity index (χ2n) is 4.77. The lowest BCUT2D eigenvalue weighted by Crippen LogP contribution is -2.42. The van der Waals surface area contributed by atoms with Gasteiger partial charge in [-0.25, -0.2) is 8.78 Å². The third kappa shape index (κ3) is 2.64. The lowest BCUT2D eigenvalue weighted by molar-refractivity contribution is 0.0947. The van der Waals surface area contributed by atoms with Crippen molar-refractivity contribution in [2.75, 3.05) is 6.54 Å². The molecule has 1 saturated heterocycles. The van der Waals surface area contributed by atoms with Crippen LogP contribution < -0.4 is 5.32 Å². The van der Waals surface area contributed by atoms with E-state index in [0.29, 0.717) is 5.92 Å². The van der Waals surface area contributed by atoms with E-state index in [-0.39, 0.29) is 11.6 Å². The van der Waals surface area contributed by atoms with Gasteiger partial charge in [-0.15, -0.1) is 0 Å². The molecule has 0 saturated carbocycles. The number of halogens is 2. The van der Waals surface area contributed by atoms with Crippen molar-refractivity contribution in [1.82, 2.24) is 5.32 Å². The van der Waals surface area contributed by atoms with Crippen molar-refractivity contribution in [2.24, 2.45) is 5.92 Å². The highest BCUT2D eigenvalue weighted by Crippen LogP contribution is 2.28. The minimum Gasteiger partial charge on any atom is -0.387 e. The zero-order valence-electron chi connectivity index (χ0n) is 9.79. The molecule has 1 heterocycles. The van der Waals surface area contributed by atoms with Crippen LogP contribution in [0.25, 0.3) is 0 Å². The highest BCUT2D eigenvalue weighted by Gasteiger charge is 2.29. The largest absolute Gasteiger partial charge is 0.387 e. The van der Waals surface area contributed by atoms with Gasteiger partial charge in [-0.1, -0.05) is 13.0 Å². The maximum absolute atomic E-state index is 13.5. The number of aliphatic hydroxyl groups is 1. The Bertz CT molecular complexity index is 377. The van der Waals surface area contributed by atoms with Crippen LogP contribution in [-0.2, 0) is 0 Å². The van der Waals surface area contributed by atoms with Crippen molar-refractivity contribution in [2.45, 2.75) is 31.9 Å². The fourth-order valence-corrected chi connectivity index (χ4v) is 2.38. The average Bonchev–Trinajstić information content (AvgIpc) is 2.28. The minimum absolute atomic E-state index is 0.223. The lowest BCUT2D eigenvalue weighted by atomic mass is 9.88. The summed E-state index contributed by atoms with van der Waals surface area (Å²) in [5, 5.41) is 13.2. The quantitative estimate of drug-likeness (QED) is 0.833. The van der Waals surface area contributed by atoms with Crippen LogP contribution in [0.5, 0.6) is 0 Å². The average molecular weight is 241 g/mol. The number of piperidine rings is 1. The normalized spacial score (nSPS) is 26.8. The summed E-state index contributed by atoms with van der Waals surface area (Å²) >= 11 is 0. The molecule has 3 unspecified atom stereocenters. The van der Waals surface area contributed by atoms with E-state index < -0.39 is 17.7 Å². The van der Waals surface area contributed by atoms with Crippen LogP contribution in [0.3, 0.4) is 0 Å². The molecule has 0 bridgehead atoms. The van der Waals surface area contributed by atoms with Gasteiger partial charge in [-0.3, -0.25) is 0 Å². The van der Waals surface area contributed by atoms with Crippen molar-refractivity contribution in [3.63, 3.8) is 0 Å². The van der Waals surface area contributed by atoms with Gasteiger partial charge in [-0.2, -0.15) is 0 Å². The van der Waals surface area contributed by atoms with E-state index >= 15 is 0 Å². The molecule has 17 heavy (non-hydrogen) atoms. The Balaban J connectivity index is 2.21. The van der Waals surface area contributed by atoms with Crippen LogP contribution in [0.4, 0.5) is 8.78 Å². The second kappa shape index (κ2) is 5.10. The van der Waals surface area contributed by atoms with Gasteiger partial charge >= 0.3 is 0 Å². The SMILES string of the molecule is CC1CCNC(C(O)c2c(F)cccc2F)C1. The predicted octanol–water partition coefficient (Wildman–Crippen LogP) is 2.39. The van der Waals surface area contributed by atoms with E-state index in [0.717, 1.165) is 19.4 Å². The number of hydrogen-bond acceptors (Lipinski definition) is 2. The Labute approximate surface area is 99.7 Å². The van der Waals surface area contributed by atoms with E-state index in [4.69, 9.17) is 0 Å². The third-order valence-corrected chi connectivity index (χ3v) is 3.38. The van der Waals surface area contributed by atoms with Crippen LogP contribution in [-0.4, -0.2) is 17.7 Å². The monoisotopic (exact) mass is 241 g/mol. The standard InChI is InChI=1S/C13H17F2NO/c1-8-5-6-16-11(7-8)13(17)12-9(14)3-2-4-10(12)15/h2-4,8,11,13,16-17H,5-7H2,1H3. The van der Waals surface area contributed by atoms with Gasteiger partial charge in [0.15, 0.2) is 0 Å². The van der Waals surface area contributed by atoms with Gasteiger partial charge in [-0.05, 0) is 37.4 Å². The van der Waals surface area contributed by atoms with Gasteiger partial charge in [0.1, 0.15) is 11.6 Å². The first kappa shape index (κ1) is 12.5. The van der Waals surface area contributed by atoms with Crippen molar-refractivity contribution in [3.8, 4) is 0 Å². The predicted molar refractivity (Wildman–Crippen MR) is 61.5 cm³/mol. The summed E-state index contributed by atoms with van der Waals surface area (Å²) in [5.74, 6) is -0.902. The minimum atomic E-state index is -1.13. The first-order valence-corrected chi connectivity index (χ1v) is 5.95. The van der Waals surface area contributed by atoms with Crippen LogP contribution in [0.2, 0.25) is 0 Å². The molecule has 1 aliphatic heterocycles. The smallest absolute Gasteiger partial charge is 0.132 e. The van der Waals surface area contributed by atoms with Crippen molar-refractivity contribution in [3.05, 3.63) is 35.4 Å². The van der Waals surface area contributed by atoms with E-state index in [2.05, 4.69) is 12.2 Å².